The number of rotatable bonds is 2. The van der Waals surface area contributed by atoms with Crippen molar-refractivity contribution in [3.8, 4) is 0 Å². The lowest BCUT2D eigenvalue weighted by atomic mass is 9.99. The Morgan fingerprint density at radius 1 is 1.33 bits per heavy atom. The quantitative estimate of drug-likeness (QED) is 0.306. The molecule has 0 unspecified atom stereocenters. The largest absolute Gasteiger partial charge is 0.409 e. The summed E-state index contributed by atoms with van der Waals surface area (Å²) in [6.07, 6.45) is 0. The van der Waals surface area contributed by atoms with Crippen molar-refractivity contribution in [1.82, 2.24) is 4.90 Å². The first-order valence-corrected chi connectivity index (χ1v) is 5.13. The molecule has 1 saturated heterocycles. The third-order valence-corrected chi connectivity index (χ3v) is 2.28. The molecule has 0 amide bonds. The highest BCUT2D eigenvalue weighted by atomic mass is 16.5. The van der Waals surface area contributed by atoms with Crippen molar-refractivity contribution in [1.29, 1.82) is 0 Å². The summed E-state index contributed by atoms with van der Waals surface area (Å²) in [4.78, 5) is 2.14. The third-order valence-electron chi connectivity index (χ3n) is 2.28. The summed E-state index contributed by atoms with van der Waals surface area (Å²) in [7, 11) is 0. The SMILES string of the molecule is CC1(C)CN(CC(N)=NO)CC(C)(C)O1. The summed E-state index contributed by atoms with van der Waals surface area (Å²) in [6, 6.07) is 0. The Kier molecular flexibility index (Phi) is 3.25. The Hall–Kier alpha value is -0.810. The van der Waals surface area contributed by atoms with Gasteiger partial charge in [-0.05, 0) is 27.7 Å². The fourth-order valence-corrected chi connectivity index (χ4v) is 2.32. The second kappa shape index (κ2) is 3.98. The van der Waals surface area contributed by atoms with Crippen molar-refractivity contribution < 1.29 is 9.94 Å². The Morgan fingerprint density at radius 3 is 2.20 bits per heavy atom. The third kappa shape index (κ3) is 3.68. The number of morpholine rings is 1. The van der Waals surface area contributed by atoms with Crippen LogP contribution in [0.3, 0.4) is 0 Å². The molecule has 0 spiro atoms. The van der Waals surface area contributed by atoms with Gasteiger partial charge in [0.25, 0.3) is 0 Å². The van der Waals surface area contributed by atoms with Crippen LogP contribution in [0.1, 0.15) is 27.7 Å². The highest BCUT2D eigenvalue weighted by molar-refractivity contribution is 5.81. The van der Waals surface area contributed by atoms with Crippen LogP contribution in [-0.2, 0) is 4.74 Å². The van der Waals surface area contributed by atoms with Gasteiger partial charge in [-0.25, -0.2) is 0 Å². The highest BCUT2D eigenvalue weighted by Crippen LogP contribution is 2.27. The topological polar surface area (TPSA) is 71.1 Å². The molecule has 0 aromatic carbocycles. The first-order valence-electron chi connectivity index (χ1n) is 5.13. The van der Waals surface area contributed by atoms with E-state index < -0.39 is 0 Å². The van der Waals surface area contributed by atoms with Gasteiger partial charge in [-0.2, -0.15) is 0 Å². The fraction of sp³-hybridized carbons (Fsp3) is 0.900. The van der Waals surface area contributed by atoms with Gasteiger partial charge in [-0.1, -0.05) is 5.16 Å². The molecule has 0 saturated carbocycles. The second-order valence-corrected chi connectivity index (χ2v) is 5.36. The summed E-state index contributed by atoms with van der Waals surface area (Å²) in [6.45, 7) is 10.2. The van der Waals surface area contributed by atoms with E-state index >= 15 is 0 Å². The van der Waals surface area contributed by atoms with Crippen molar-refractivity contribution in [2.24, 2.45) is 10.9 Å². The molecule has 0 aromatic heterocycles. The van der Waals surface area contributed by atoms with Gasteiger partial charge in [0, 0.05) is 13.1 Å². The molecule has 5 heteroatoms. The van der Waals surface area contributed by atoms with Gasteiger partial charge in [0.05, 0.1) is 17.7 Å². The molecule has 0 atom stereocenters. The number of oxime groups is 1. The second-order valence-electron chi connectivity index (χ2n) is 5.36. The zero-order valence-electron chi connectivity index (χ0n) is 9.95. The van der Waals surface area contributed by atoms with Crippen LogP contribution in [0.4, 0.5) is 0 Å². The average molecular weight is 215 g/mol. The minimum atomic E-state index is -0.197. The van der Waals surface area contributed by atoms with E-state index in [9.17, 15) is 0 Å². The summed E-state index contributed by atoms with van der Waals surface area (Å²) in [5.41, 5.74) is 5.10. The maximum absolute atomic E-state index is 8.53. The van der Waals surface area contributed by atoms with Crippen LogP contribution in [0.5, 0.6) is 0 Å². The number of nitrogens with two attached hydrogens (primary N) is 1. The lowest BCUT2D eigenvalue weighted by molar-refractivity contribution is -0.177. The molecule has 88 valence electrons. The van der Waals surface area contributed by atoms with E-state index in [4.69, 9.17) is 15.7 Å². The summed E-state index contributed by atoms with van der Waals surface area (Å²) in [5, 5.41) is 11.5. The molecule has 0 aliphatic carbocycles. The van der Waals surface area contributed by atoms with E-state index in [-0.39, 0.29) is 17.0 Å². The van der Waals surface area contributed by atoms with E-state index in [2.05, 4.69) is 10.1 Å². The average Bonchev–Trinajstić information content (AvgIpc) is 1.97. The number of nitrogens with zero attached hydrogens (tertiary/aromatic N) is 2. The summed E-state index contributed by atoms with van der Waals surface area (Å²) >= 11 is 0. The van der Waals surface area contributed by atoms with Gasteiger partial charge in [-0.3, -0.25) is 4.90 Å². The molecule has 1 aliphatic heterocycles. The van der Waals surface area contributed by atoms with Crippen molar-refractivity contribution in [3.05, 3.63) is 0 Å². The van der Waals surface area contributed by atoms with Crippen LogP contribution >= 0.6 is 0 Å². The number of ether oxygens (including phenoxy) is 1. The molecule has 5 nitrogen and oxygen atoms in total. The minimum absolute atomic E-state index is 0.197. The first-order chi connectivity index (χ1) is 6.74. The molecule has 1 rings (SSSR count). The van der Waals surface area contributed by atoms with Crippen LogP contribution < -0.4 is 5.73 Å². The van der Waals surface area contributed by atoms with Crippen LogP contribution in [-0.4, -0.2) is 46.8 Å². The molecule has 0 radical (unpaired) electrons. The standard InChI is InChI=1S/C10H21N3O2/c1-9(2)6-13(5-8(11)12-14)7-10(3,4)15-9/h14H,5-7H2,1-4H3,(H2,11,12). The summed E-state index contributed by atoms with van der Waals surface area (Å²) < 4.78 is 5.92. The van der Waals surface area contributed by atoms with Gasteiger partial charge in [0.1, 0.15) is 0 Å². The Labute approximate surface area is 90.9 Å². The van der Waals surface area contributed by atoms with Crippen LogP contribution in [0, 0.1) is 0 Å². The molecular formula is C10H21N3O2. The maximum Gasteiger partial charge on any atom is 0.153 e. The molecular weight excluding hydrogens is 194 g/mol. The lowest BCUT2D eigenvalue weighted by Gasteiger charge is -2.47. The van der Waals surface area contributed by atoms with Crippen molar-refractivity contribution in [2.75, 3.05) is 19.6 Å². The van der Waals surface area contributed by atoms with Gasteiger partial charge in [0.2, 0.25) is 0 Å². The van der Waals surface area contributed by atoms with Crippen molar-refractivity contribution in [2.45, 2.75) is 38.9 Å². The Bertz CT molecular complexity index is 245. The number of hydrogen-bond donors (Lipinski definition) is 2. The zero-order chi connectivity index (χ0) is 11.7. The van der Waals surface area contributed by atoms with Crippen LogP contribution in [0.15, 0.2) is 5.16 Å². The number of amidine groups is 1. The first kappa shape index (κ1) is 12.3. The van der Waals surface area contributed by atoms with Gasteiger partial charge < -0.3 is 15.7 Å². The van der Waals surface area contributed by atoms with Gasteiger partial charge >= 0.3 is 0 Å². The van der Waals surface area contributed by atoms with Crippen LogP contribution in [0.25, 0.3) is 0 Å². The molecule has 1 heterocycles. The van der Waals surface area contributed by atoms with E-state index in [1.165, 1.54) is 0 Å². The van der Waals surface area contributed by atoms with E-state index in [0.29, 0.717) is 6.54 Å². The fourth-order valence-electron chi connectivity index (χ4n) is 2.32. The van der Waals surface area contributed by atoms with Crippen molar-refractivity contribution in [3.63, 3.8) is 0 Å². The highest BCUT2D eigenvalue weighted by Gasteiger charge is 2.38. The zero-order valence-corrected chi connectivity index (χ0v) is 9.95. The Balaban J connectivity index is 2.67. The smallest absolute Gasteiger partial charge is 0.153 e. The van der Waals surface area contributed by atoms with Crippen LogP contribution in [0.2, 0.25) is 0 Å². The number of hydrogen-bond acceptors (Lipinski definition) is 4. The molecule has 0 bridgehead atoms. The predicted octanol–water partition coefficient (Wildman–Crippen LogP) is 0.622. The van der Waals surface area contributed by atoms with E-state index in [0.717, 1.165) is 13.1 Å². The Morgan fingerprint density at radius 2 is 1.80 bits per heavy atom. The molecule has 3 N–H and O–H groups in total. The summed E-state index contributed by atoms with van der Waals surface area (Å²) in [5.74, 6) is 0.239. The van der Waals surface area contributed by atoms with E-state index in [1.807, 2.05) is 27.7 Å². The van der Waals surface area contributed by atoms with Gasteiger partial charge in [0.15, 0.2) is 5.84 Å². The van der Waals surface area contributed by atoms with Crippen molar-refractivity contribution >= 4 is 5.84 Å². The molecule has 15 heavy (non-hydrogen) atoms. The normalized spacial score (nSPS) is 26.5. The lowest BCUT2D eigenvalue weighted by Crippen LogP contribution is -2.58. The maximum atomic E-state index is 8.53. The molecule has 1 fully saturated rings. The van der Waals surface area contributed by atoms with Gasteiger partial charge in [-0.15, -0.1) is 0 Å². The van der Waals surface area contributed by atoms with E-state index in [1.54, 1.807) is 0 Å². The molecule has 0 aromatic rings. The monoisotopic (exact) mass is 215 g/mol. The minimum Gasteiger partial charge on any atom is -0.409 e. The molecule has 1 aliphatic rings. The predicted molar refractivity (Wildman–Crippen MR) is 59.1 cm³/mol.